The Morgan fingerprint density at radius 2 is 1.52 bits per heavy atom. The van der Waals surface area contributed by atoms with Crippen LogP contribution in [0.15, 0.2) is 72.8 Å². The summed E-state index contributed by atoms with van der Waals surface area (Å²) < 4.78 is 0. The highest BCUT2D eigenvalue weighted by Crippen LogP contribution is 2.22. The summed E-state index contributed by atoms with van der Waals surface area (Å²) in [6.07, 6.45) is 3.52. The summed E-state index contributed by atoms with van der Waals surface area (Å²) in [6, 6.07) is 25.0. The molecule has 1 aliphatic heterocycles. The van der Waals surface area contributed by atoms with E-state index < -0.39 is 0 Å². The highest BCUT2D eigenvalue weighted by molar-refractivity contribution is 6.01. The van der Waals surface area contributed by atoms with Gasteiger partial charge in [0.25, 0.3) is 0 Å². The van der Waals surface area contributed by atoms with E-state index >= 15 is 0 Å². The number of benzene rings is 3. The normalized spacial score (nSPS) is 15.4. The van der Waals surface area contributed by atoms with Crippen molar-refractivity contribution < 1.29 is 4.79 Å². The van der Waals surface area contributed by atoms with Crippen LogP contribution >= 0.6 is 12.4 Å². The fraction of sp³-hybridized carbons (Fsp3) is 0.292. The van der Waals surface area contributed by atoms with Crippen molar-refractivity contribution in [3.8, 4) is 0 Å². The van der Waals surface area contributed by atoms with Crippen LogP contribution in [0.4, 0.5) is 0 Å². The molecule has 1 saturated heterocycles. The fourth-order valence-electron chi connectivity index (χ4n) is 3.95. The van der Waals surface area contributed by atoms with Crippen LogP contribution in [-0.2, 0) is 6.42 Å². The van der Waals surface area contributed by atoms with E-state index in [1.807, 2.05) is 24.3 Å². The van der Waals surface area contributed by atoms with E-state index in [1.165, 1.54) is 23.8 Å². The van der Waals surface area contributed by atoms with E-state index in [2.05, 4.69) is 53.4 Å². The molecular weight excluding hydrogens is 354 g/mol. The molecule has 3 heteroatoms. The molecule has 0 atom stereocenters. The van der Waals surface area contributed by atoms with Crippen molar-refractivity contribution in [3.63, 3.8) is 0 Å². The van der Waals surface area contributed by atoms with Crippen LogP contribution in [0, 0.1) is 5.92 Å². The van der Waals surface area contributed by atoms with Gasteiger partial charge in [0.15, 0.2) is 5.78 Å². The molecule has 0 saturated carbocycles. The average molecular weight is 380 g/mol. The second-order valence-corrected chi connectivity index (χ2v) is 7.39. The maximum Gasteiger partial charge on any atom is 0.176 e. The third-order valence-corrected chi connectivity index (χ3v) is 5.51. The van der Waals surface area contributed by atoms with Crippen molar-refractivity contribution in [1.82, 2.24) is 4.90 Å². The second-order valence-electron chi connectivity index (χ2n) is 7.39. The van der Waals surface area contributed by atoms with Crippen molar-refractivity contribution in [1.29, 1.82) is 0 Å². The summed E-state index contributed by atoms with van der Waals surface area (Å²) in [6.45, 7) is 2.59. The van der Waals surface area contributed by atoms with Gasteiger partial charge in [-0.05, 0) is 60.7 Å². The van der Waals surface area contributed by atoms with E-state index in [4.69, 9.17) is 0 Å². The molecule has 0 radical (unpaired) electrons. The van der Waals surface area contributed by atoms with Gasteiger partial charge in [-0.15, -0.1) is 12.4 Å². The number of carbonyl (C=O) groups excluding carboxylic acids is 1. The zero-order valence-corrected chi connectivity index (χ0v) is 16.3. The van der Waals surface area contributed by atoms with Crippen molar-refractivity contribution in [2.75, 3.05) is 19.6 Å². The van der Waals surface area contributed by atoms with Crippen LogP contribution < -0.4 is 0 Å². The van der Waals surface area contributed by atoms with Gasteiger partial charge in [-0.1, -0.05) is 66.7 Å². The van der Waals surface area contributed by atoms with E-state index in [-0.39, 0.29) is 18.2 Å². The molecule has 2 nitrogen and oxygen atoms in total. The van der Waals surface area contributed by atoms with Crippen LogP contribution in [0.3, 0.4) is 0 Å². The first-order chi connectivity index (χ1) is 12.8. The lowest BCUT2D eigenvalue weighted by Crippen LogP contribution is -2.37. The van der Waals surface area contributed by atoms with Gasteiger partial charge in [0.1, 0.15) is 0 Å². The molecule has 3 aromatic rings. The Labute approximate surface area is 167 Å². The monoisotopic (exact) mass is 379 g/mol. The lowest BCUT2D eigenvalue weighted by Gasteiger charge is -2.31. The number of likely N-dealkylation sites (tertiary alicyclic amines) is 1. The first-order valence-corrected chi connectivity index (χ1v) is 9.56. The van der Waals surface area contributed by atoms with Gasteiger partial charge in [-0.3, -0.25) is 9.69 Å². The molecule has 0 aliphatic carbocycles. The first-order valence-electron chi connectivity index (χ1n) is 9.56. The Balaban J connectivity index is 0.00000210. The lowest BCUT2D eigenvalue weighted by molar-refractivity contribution is 0.0895. The van der Waals surface area contributed by atoms with Crippen LogP contribution in [0.5, 0.6) is 0 Å². The molecule has 1 heterocycles. The number of piperidine rings is 1. The zero-order valence-electron chi connectivity index (χ0n) is 15.5. The Hall–Kier alpha value is -2.16. The number of fused-ring (bicyclic) bond motifs is 1. The topological polar surface area (TPSA) is 20.3 Å². The van der Waals surface area contributed by atoms with Gasteiger partial charge in [0.05, 0.1) is 6.54 Å². The smallest absolute Gasteiger partial charge is 0.176 e. The van der Waals surface area contributed by atoms with Crippen molar-refractivity contribution in [2.45, 2.75) is 19.3 Å². The molecule has 3 aromatic carbocycles. The van der Waals surface area contributed by atoms with E-state index in [9.17, 15) is 4.79 Å². The van der Waals surface area contributed by atoms with Crippen LogP contribution in [0.2, 0.25) is 0 Å². The van der Waals surface area contributed by atoms with Gasteiger partial charge < -0.3 is 0 Å². The number of rotatable bonds is 5. The van der Waals surface area contributed by atoms with Crippen molar-refractivity contribution in [3.05, 3.63) is 83.9 Å². The molecule has 0 amide bonds. The van der Waals surface area contributed by atoms with Crippen LogP contribution in [0.1, 0.15) is 28.8 Å². The maximum atomic E-state index is 12.7. The summed E-state index contributed by atoms with van der Waals surface area (Å²) in [5, 5.41) is 2.32. The molecule has 1 fully saturated rings. The number of halogens is 1. The third kappa shape index (κ3) is 4.97. The van der Waals surface area contributed by atoms with Gasteiger partial charge in [-0.25, -0.2) is 0 Å². The summed E-state index contributed by atoms with van der Waals surface area (Å²) in [7, 11) is 0. The minimum atomic E-state index is 0. The predicted molar refractivity (Wildman–Crippen MR) is 115 cm³/mol. The number of hydrogen-bond donors (Lipinski definition) is 0. The highest BCUT2D eigenvalue weighted by Gasteiger charge is 2.21. The van der Waals surface area contributed by atoms with E-state index in [0.717, 1.165) is 36.4 Å². The summed E-state index contributed by atoms with van der Waals surface area (Å²) >= 11 is 0. The molecule has 27 heavy (non-hydrogen) atoms. The summed E-state index contributed by atoms with van der Waals surface area (Å²) in [5.74, 6) is 0.974. The molecule has 0 bridgehead atoms. The second kappa shape index (κ2) is 9.16. The van der Waals surface area contributed by atoms with Gasteiger partial charge >= 0.3 is 0 Å². The van der Waals surface area contributed by atoms with Gasteiger partial charge in [0.2, 0.25) is 0 Å². The van der Waals surface area contributed by atoms with Crippen molar-refractivity contribution >= 4 is 29.0 Å². The first kappa shape index (κ1) is 19.6. The minimum Gasteiger partial charge on any atom is -0.296 e. The number of hydrogen-bond acceptors (Lipinski definition) is 2. The number of ketones is 1. The van der Waals surface area contributed by atoms with E-state index in [1.54, 1.807) is 0 Å². The average Bonchev–Trinajstić information content (AvgIpc) is 2.70. The van der Waals surface area contributed by atoms with Gasteiger partial charge in [0, 0.05) is 5.56 Å². The van der Waals surface area contributed by atoms with Crippen LogP contribution in [0.25, 0.3) is 10.8 Å². The number of Topliss-reactive ketones (excluding diaryl/α,β-unsaturated/α-hetero) is 1. The predicted octanol–water partition coefficient (Wildman–Crippen LogP) is 5.40. The largest absolute Gasteiger partial charge is 0.296 e. The van der Waals surface area contributed by atoms with Crippen molar-refractivity contribution in [2.24, 2.45) is 5.92 Å². The lowest BCUT2D eigenvalue weighted by atomic mass is 9.90. The molecule has 140 valence electrons. The van der Waals surface area contributed by atoms with Crippen LogP contribution in [-0.4, -0.2) is 30.3 Å². The summed E-state index contributed by atoms with van der Waals surface area (Å²) in [5.41, 5.74) is 2.26. The zero-order chi connectivity index (χ0) is 17.8. The molecule has 0 unspecified atom stereocenters. The molecular formula is C24H26ClNO. The quantitative estimate of drug-likeness (QED) is 0.553. The fourth-order valence-corrected chi connectivity index (χ4v) is 3.95. The number of carbonyl (C=O) groups is 1. The molecule has 0 spiro atoms. The molecule has 0 aromatic heterocycles. The Morgan fingerprint density at radius 1 is 0.852 bits per heavy atom. The minimum absolute atomic E-state index is 0. The molecule has 4 rings (SSSR count). The number of nitrogens with zero attached hydrogens (tertiary/aromatic N) is 1. The van der Waals surface area contributed by atoms with Gasteiger partial charge in [-0.2, -0.15) is 0 Å². The Morgan fingerprint density at radius 3 is 2.26 bits per heavy atom. The SMILES string of the molecule is Cl.O=C(CN1CCC(Cc2ccccc2)CC1)c1ccc2ccccc2c1. The highest BCUT2D eigenvalue weighted by atomic mass is 35.5. The summed E-state index contributed by atoms with van der Waals surface area (Å²) in [4.78, 5) is 15.0. The molecule has 0 N–H and O–H groups in total. The maximum absolute atomic E-state index is 12.7. The Bertz CT molecular complexity index is 885. The third-order valence-electron chi connectivity index (χ3n) is 5.51. The molecule has 1 aliphatic rings. The van der Waals surface area contributed by atoms with E-state index in [0.29, 0.717) is 6.54 Å². The Kier molecular flexibility index (Phi) is 6.65. The standard InChI is InChI=1S/C24H25NO.ClH/c26-24(23-11-10-21-8-4-5-9-22(21)17-23)18-25-14-12-20(13-15-25)16-19-6-2-1-3-7-19;/h1-11,17,20H,12-16,18H2;1H.